The Labute approximate surface area is 214 Å². The van der Waals surface area contributed by atoms with E-state index in [1.54, 1.807) is 0 Å². The Balaban J connectivity index is 1.02. The molecule has 4 bridgehead atoms. The van der Waals surface area contributed by atoms with Crippen LogP contribution in [0.3, 0.4) is 0 Å². The number of carbonyl (C=O) groups excluding carboxylic acids is 1. The molecule has 1 aliphatic heterocycles. The maximum absolute atomic E-state index is 13.7. The molecule has 5 fully saturated rings. The fraction of sp³-hybridized carbons (Fsp3) is 0.692. The normalized spacial score (nSPS) is 36.1. The van der Waals surface area contributed by atoms with Crippen molar-refractivity contribution in [1.82, 2.24) is 19.5 Å². The Hall–Kier alpha value is -2.97. The molecule has 0 aromatic carbocycles. The van der Waals surface area contributed by atoms with E-state index in [-0.39, 0.29) is 30.0 Å². The van der Waals surface area contributed by atoms with Crippen LogP contribution in [-0.2, 0) is 14.2 Å². The molecule has 0 amide bonds. The molecule has 11 heteroatoms. The molecular weight excluding hydrogens is 481 g/mol. The molecular formula is C26H32FN5O5. The minimum atomic E-state index is -1.60. The van der Waals surface area contributed by atoms with Crippen molar-refractivity contribution in [2.24, 2.45) is 23.2 Å². The van der Waals surface area contributed by atoms with E-state index in [2.05, 4.69) is 20.9 Å². The lowest BCUT2D eigenvalue weighted by atomic mass is 9.48. The highest BCUT2D eigenvalue weighted by atomic mass is 19.1. The molecule has 2 aromatic heterocycles. The van der Waals surface area contributed by atoms with E-state index < -0.39 is 36.8 Å². The zero-order valence-electron chi connectivity index (χ0n) is 20.6. The van der Waals surface area contributed by atoms with Gasteiger partial charge in [0, 0.05) is 6.42 Å². The molecule has 5 aliphatic rings. The summed E-state index contributed by atoms with van der Waals surface area (Å²) in [5.74, 6) is 4.98. The average Bonchev–Trinajstić information content (AvgIpc) is 3.41. The van der Waals surface area contributed by atoms with Crippen molar-refractivity contribution >= 4 is 23.1 Å². The number of ether oxygens (including phenoxy) is 3. The molecule has 0 unspecified atom stereocenters. The summed E-state index contributed by atoms with van der Waals surface area (Å²) in [5, 5.41) is 10.7. The molecule has 4 saturated carbocycles. The van der Waals surface area contributed by atoms with Gasteiger partial charge in [-0.3, -0.25) is 4.57 Å². The molecule has 37 heavy (non-hydrogen) atoms. The summed E-state index contributed by atoms with van der Waals surface area (Å²) in [7, 11) is 0. The number of rotatable bonds is 7. The highest BCUT2D eigenvalue weighted by Crippen LogP contribution is 2.61. The lowest BCUT2D eigenvalue weighted by molar-refractivity contribution is -0.0985. The van der Waals surface area contributed by atoms with Crippen LogP contribution in [0.4, 0.5) is 15.0 Å². The van der Waals surface area contributed by atoms with E-state index in [1.165, 1.54) is 49.4 Å². The van der Waals surface area contributed by atoms with Crippen molar-refractivity contribution in [3.8, 4) is 12.3 Å². The summed E-state index contributed by atoms with van der Waals surface area (Å²) in [6.07, 6.45) is 13.3. The third kappa shape index (κ3) is 4.40. The highest BCUT2D eigenvalue weighted by Gasteiger charge is 2.51. The number of nitrogen functional groups attached to an aromatic ring is 1. The quantitative estimate of drug-likeness (QED) is 0.247. The number of aliphatic hydroxyl groups excluding tert-OH is 1. The van der Waals surface area contributed by atoms with Crippen molar-refractivity contribution in [3.05, 3.63) is 12.4 Å². The number of fused-ring (bicyclic) bond motifs is 1. The van der Waals surface area contributed by atoms with E-state index in [9.17, 15) is 14.3 Å². The van der Waals surface area contributed by atoms with Crippen LogP contribution in [0.2, 0.25) is 0 Å². The van der Waals surface area contributed by atoms with Gasteiger partial charge in [0.25, 0.3) is 0 Å². The molecule has 2 aromatic rings. The number of nitrogens with zero attached hydrogens (tertiary/aromatic N) is 4. The van der Waals surface area contributed by atoms with Gasteiger partial charge >= 0.3 is 12.2 Å². The van der Waals surface area contributed by atoms with E-state index in [4.69, 9.17) is 26.4 Å². The Morgan fingerprint density at radius 3 is 2.59 bits per heavy atom. The van der Waals surface area contributed by atoms with E-state index in [0.717, 1.165) is 30.6 Å². The molecule has 0 radical (unpaired) electrons. The van der Waals surface area contributed by atoms with Gasteiger partial charge < -0.3 is 25.1 Å². The van der Waals surface area contributed by atoms with Crippen molar-refractivity contribution in [3.63, 3.8) is 0 Å². The number of aromatic nitrogens is 4. The van der Waals surface area contributed by atoms with Crippen molar-refractivity contribution in [2.75, 3.05) is 18.9 Å². The first-order valence-electron chi connectivity index (χ1n) is 13.1. The molecule has 0 spiro atoms. The minimum absolute atomic E-state index is 0.0463. The maximum atomic E-state index is 13.7. The zero-order chi connectivity index (χ0) is 25.8. The van der Waals surface area contributed by atoms with Crippen molar-refractivity contribution in [1.29, 1.82) is 0 Å². The molecule has 1 saturated heterocycles. The topological polar surface area (TPSA) is 135 Å². The van der Waals surface area contributed by atoms with Crippen LogP contribution in [0.25, 0.3) is 11.2 Å². The monoisotopic (exact) mass is 513 g/mol. The number of nitrogens with two attached hydrogens (primary N) is 1. The predicted octanol–water partition coefficient (Wildman–Crippen LogP) is 3.35. The van der Waals surface area contributed by atoms with Gasteiger partial charge in [-0.15, -0.1) is 6.42 Å². The smallest absolute Gasteiger partial charge is 0.434 e. The van der Waals surface area contributed by atoms with Crippen LogP contribution in [-0.4, -0.2) is 55.7 Å². The second-order valence-corrected chi connectivity index (χ2v) is 11.5. The molecule has 10 nitrogen and oxygen atoms in total. The van der Waals surface area contributed by atoms with Crippen LogP contribution >= 0.6 is 0 Å². The molecule has 198 valence electrons. The minimum Gasteiger partial charge on any atom is -0.434 e. The first kappa shape index (κ1) is 24.4. The summed E-state index contributed by atoms with van der Waals surface area (Å²) in [6.45, 7) is -0.115. The third-order valence-corrected chi connectivity index (χ3v) is 8.93. The Morgan fingerprint density at radius 2 is 1.92 bits per heavy atom. The molecule has 4 aliphatic carbocycles. The van der Waals surface area contributed by atoms with Gasteiger partial charge in [0.05, 0.1) is 12.9 Å². The van der Waals surface area contributed by atoms with Gasteiger partial charge in [0.2, 0.25) is 0 Å². The third-order valence-electron chi connectivity index (χ3n) is 8.93. The highest BCUT2D eigenvalue weighted by molar-refractivity contribution is 5.81. The first-order chi connectivity index (χ1) is 17.8. The zero-order valence-corrected chi connectivity index (χ0v) is 20.6. The number of carbonyl (C=O) groups is 1. The van der Waals surface area contributed by atoms with Crippen molar-refractivity contribution in [2.45, 2.75) is 75.7 Å². The van der Waals surface area contributed by atoms with Crippen LogP contribution in [0.1, 0.15) is 64.0 Å². The number of aliphatic hydroxyl groups is 1. The molecule has 7 rings (SSSR count). The van der Waals surface area contributed by atoms with Gasteiger partial charge in [-0.1, -0.05) is 5.92 Å². The summed E-state index contributed by atoms with van der Waals surface area (Å²) in [4.78, 5) is 23.6. The largest absolute Gasteiger partial charge is 0.508 e. The SMILES string of the molecule is C#C[C@]1(COC(=O)OCCCC23CC4CC(CC(C4)C2)C3)O[C@@H](n2cnc3c(N)nc(F)nc32)C[C@@H]1O. The second-order valence-electron chi connectivity index (χ2n) is 11.5. The van der Waals surface area contributed by atoms with Crippen molar-refractivity contribution < 1.29 is 28.5 Å². The molecule has 3 N–H and O–H groups in total. The summed E-state index contributed by atoms with van der Waals surface area (Å²) < 4.78 is 31.7. The predicted molar refractivity (Wildman–Crippen MR) is 129 cm³/mol. The van der Waals surface area contributed by atoms with Crippen LogP contribution < -0.4 is 5.73 Å². The fourth-order valence-electron chi connectivity index (χ4n) is 7.75. The maximum Gasteiger partial charge on any atom is 0.508 e. The van der Waals surface area contributed by atoms with Crippen LogP contribution in [0, 0.1) is 41.6 Å². The number of terminal acetylenes is 1. The Bertz CT molecular complexity index is 1210. The van der Waals surface area contributed by atoms with Crippen LogP contribution in [0.5, 0.6) is 0 Å². The van der Waals surface area contributed by atoms with Gasteiger partial charge in [-0.2, -0.15) is 14.4 Å². The van der Waals surface area contributed by atoms with Crippen LogP contribution in [0.15, 0.2) is 6.33 Å². The fourth-order valence-corrected chi connectivity index (χ4v) is 7.75. The van der Waals surface area contributed by atoms with Gasteiger partial charge in [0.15, 0.2) is 22.6 Å². The average molecular weight is 514 g/mol. The van der Waals surface area contributed by atoms with E-state index >= 15 is 0 Å². The number of hydrogen-bond acceptors (Lipinski definition) is 9. The Kier molecular flexibility index (Phi) is 5.99. The standard InChI is InChI=1S/C26H32FN5O5/c1-2-26(18(33)9-19(37-26)32-14-29-20-21(28)30-23(27)31-22(20)32)13-36-24(34)35-5-3-4-25-10-15-6-16(11-25)8-17(7-15)12-25/h1,14-19,33H,3-13H2,(H2,28,30,31)/t15?,16?,17?,18-,19+,25?,26+/m0/s1. The number of hydrogen-bond donors (Lipinski definition) is 2. The lowest BCUT2D eigenvalue weighted by Gasteiger charge is -2.57. The summed E-state index contributed by atoms with van der Waals surface area (Å²) in [5.41, 5.74) is 4.86. The first-order valence-corrected chi connectivity index (χ1v) is 13.1. The summed E-state index contributed by atoms with van der Waals surface area (Å²) >= 11 is 0. The lowest BCUT2D eigenvalue weighted by Crippen LogP contribution is -2.46. The molecule has 3 heterocycles. The van der Waals surface area contributed by atoms with E-state index in [0.29, 0.717) is 5.41 Å². The summed E-state index contributed by atoms with van der Waals surface area (Å²) in [6, 6.07) is 0. The molecule has 3 atom stereocenters. The number of anilines is 1. The second kappa shape index (κ2) is 9.10. The Morgan fingerprint density at radius 1 is 1.22 bits per heavy atom. The van der Waals surface area contributed by atoms with Gasteiger partial charge in [0.1, 0.15) is 18.9 Å². The van der Waals surface area contributed by atoms with Gasteiger partial charge in [-0.25, -0.2) is 9.78 Å². The number of imidazole rings is 1. The van der Waals surface area contributed by atoms with Gasteiger partial charge in [-0.05, 0) is 74.5 Å². The van der Waals surface area contributed by atoms with E-state index in [1.807, 2.05) is 0 Å². The number of halogens is 1.